The zero-order valence-corrected chi connectivity index (χ0v) is 16.6. The van der Waals surface area contributed by atoms with Gasteiger partial charge in [0.05, 0.1) is 12.7 Å². The fourth-order valence-electron chi connectivity index (χ4n) is 3.88. The summed E-state index contributed by atoms with van der Waals surface area (Å²) in [4.78, 5) is 4.18. The zero-order valence-electron chi connectivity index (χ0n) is 16.6. The van der Waals surface area contributed by atoms with E-state index in [1.807, 2.05) is 35.3 Å². The van der Waals surface area contributed by atoms with Gasteiger partial charge in [0.1, 0.15) is 23.7 Å². The molecule has 0 saturated carbocycles. The number of fused-ring (bicyclic) bond motifs is 1. The third-order valence-electron chi connectivity index (χ3n) is 5.33. The van der Waals surface area contributed by atoms with E-state index in [9.17, 15) is 0 Å². The molecule has 1 fully saturated rings. The van der Waals surface area contributed by atoms with Gasteiger partial charge in [-0.2, -0.15) is 15.4 Å². The Balaban J connectivity index is 1.25. The fraction of sp³-hybridized carbons (Fsp3) is 0.333. The van der Waals surface area contributed by atoms with Gasteiger partial charge in [-0.3, -0.25) is 4.68 Å². The Bertz CT molecular complexity index is 1140. The Hall–Kier alpha value is -3.46. The molecular weight excluding hydrogens is 380 g/mol. The highest BCUT2D eigenvalue weighted by atomic mass is 16.5. The van der Waals surface area contributed by atoms with Crippen LogP contribution in [0.2, 0.25) is 0 Å². The van der Waals surface area contributed by atoms with Crippen molar-refractivity contribution in [3.63, 3.8) is 0 Å². The van der Waals surface area contributed by atoms with Crippen molar-refractivity contribution in [1.82, 2.24) is 35.5 Å². The Morgan fingerprint density at radius 1 is 1.20 bits per heavy atom. The monoisotopic (exact) mass is 404 g/mol. The van der Waals surface area contributed by atoms with E-state index in [0.29, 0.717) is 37.1 Å². The van der Waals surface area contributed by atoms with Crippen molar-refractivity contribution >= 4 is 17.0 Å². The third-order valence-corrected chi connectivity index (χ3v) is 5.33. The predicted molar refractivity (Wildman–Crippen MR) is 113 cm³/mol. The number of nitrogens with one attached hydrogen (secondary N) is 2. The molecule has 0 aliphatic carbocycles. The number of benzene rings is 1. The summed E-state index contributed by atoms with van der Waals surface area (Å²) in [6, 6.07) is 10.5. The molecule has 9 nitrogen and oxygen atoms in total. The maximum Gasteiger partial charge on any atom is 0.203 e. The largest absolute Gasteiger partial charge is 0.492 e. The molecule has 1 aliphatic rings. The minimum absolute atomic E-state index is 0.434. The number of H-pyrrole nitrogens is 1. The highest BCUT2D eigenvalue weighted by Crippen LogP contribution is 2.20. The van der Waals surface area contributed by atoms with Gasteiger partial charge in [-0.15, -0.1) is 5.10 Å². The number of aromatic amines is 1. The molecule has 1 aliphatic heterocycles. The standard InChI is InChI=1S/C21H24N8O/c22-19-9-16(20-21(25-19)27-28-26-20)7-15-10-24-29(12-15)11-14-3-1-5-18(8-14)30-13-17-4-2-6-23-17/h1,3,5,8-10,12,17,23H,2,4,6-7,11,13H2,(H3,22,25,26,27,28)/t17-/m0/s1. The first-order chi connectivity index (χ1) is 14.7. The summed E-state index contributed by atoms with van der Waals surface area (Å²) in [5.41, 5.74) is 10.4. The summed E-state index contributed by atoms with van der Waals surface area (Å²) in [5, 5.41) is 18.8. The lowest BCUT2D eigenvalue weighted by Gasteiger charge is -2.13. The molecule has 0 bridgehead atoms. The van der Waals surface area contributed by atoms with Crippen LogP contribution in [0, 0.1) is 0 Å². The molecule has 3 aromatic heterocycles. The Morgan fingerprint density at radius 3 is 3.07 bits per heavy atom. The van der Waals surface area contributed by atoms with E-state index in [1.54, 1.807) is 0 Å². The zero-order chi connectivity index (χ0) is 20.3. The van der Waals surface area contributed by atoms with Gasteiger partial charge in [0.2, 0.25) is 5.65 Å². The van der Waals surface area contributed by atoms with Crippen LogP contribution in [0.5, 0.6) is 5.75 Å². The van der Waals surface area contributed by atoms with E-state index in [4.69, 9.17) is 10.5 Å². The molecule has 5 rings (SSSR count). The van der Waals surface area contributed by atoms with Gasteiger partial charge < -0.3 is 15.8 Å². The van der Waals surface area contributed by atoms with E-state index in [-0.39, 0.29) is 0 Å². The first kappa shape index (κ1) is 18.6. The number of nitrogens with zero attached hydrogens (tertiary/aromatic N) is 5. The third kappa shape index (κ3) is 4.11. The number of aromatic nitrogens is 6. The molecule has 4 aromatic rings. The van der Waals surface area contributed by atoms with Crippen molar-refractivity contribution in [1.29, 1.82) is 0 Å². The highest BCUT2D eigenvalue weighted by molar-refractivity contribution is 5.76. The van der Waals surface area contributed by atoms with Crippen molar-refractivity contribution in [2.45, 2.75) is 31.8 Å². The van der Waals surface area contributed by atoms with Gasteiger partial charge in [-0.25, -0.2) is 4.98 Å². The van der Waals surface area contributed by atoms with Crippen molar-refractivity contribution in [2.75, 3.05) is 18.9 Å². The van der Waals surface area contributed by atoms with E-state index in [2.05, 4.69) is 42.9 Å². The van der Waals surface area contributed by atoms with Gasteiger partial charge in [0.15, 0.2) is 0 Å². The molecule has 4 heterocycles. The van der Waals surface area contributed by atoms with E-state index >= 15 is 0 Å². The van der Waals surface area contributed by atoms with Gasteiger partial charge in [-0.05, 0) is 54.3 Å². The second kappa shape index (κ2) is 8.11. The number of hydrogen-bond acceptors (Lipinski definition) is 7. The first-order valence-corrected chi connectivity index (χ1v) is 10.2. The summed E-state index contributed by atoms with van der Waals surface area (Å²) >= 11 is 0. The van der Waals surface area contributed by atoms with Crippen LogP contribution in [0.3, 0.4) is 0 Å². The summed E-state index contributed by atoms with van der Waals surface area (Å²) in [6.07, 6.45) is 6.98. The average molecular weight is 404 g/mol. The van der Waals surface area contributed by atoms with Crippen LogP contribution in [0.4, 0.5) is 5.82 Å². The average Bonchev–Trinajstić information content (AvgIpc) is 3.49. The lowest BCUT2D eigenvalue weighted by atomic mass is 10.1. The van der Waals surface area contributed by atoms with Crippen molar-refractivity contribution in [2.24, 2.45) is 0 Å². The maximum absolute atomic E-state index is 5.97. The molecule has 1 saturated heterocycles. The molecule has 30 heavy (non-hydrogen) atoms. The topological polar surface area (TPSA) is 120 Å². The van der Waals surface area contributed by atoms with E-state index in [1.165, 1.54) is 12.8 Å². The van der Waals surface area contributed by atoms with Crippen molar-refractivity contribution in [3.8, 4) is 5.75 Å². The van der Waals surface area contributed by atoms with Crippen LogP contribution < -0.4 is 15.8 Å². The fourth-order valence-corrected chi connectivity index (χ4v) is 3.88. The number of ether oxygens (including phenoxy) is 1. The van der Waals surface area contributed by atoms with Crippen LogP contribution >= 0.6 is 0 Å². The van der Waals surface area contributed by atoms with Crippen LogP contribution in [-0.2, 0) is 13.0 Å². The van der Waals surface area contributed by atoms with Crippen LogP contribution in [0.25, 0.3) is 11.2 Å². The van der Waals surface area contributed by atoms with Gasteiger partial charge in [0, 0.05) is 18.7 Å². The van der Waals surface area contributed by atoms with Crippen LogP contribution in [0.1, 0.15) is 29.5 Å². The SMILES string of the molecule is Nc1cc(Cc2cnn(Cc3cccc(OC[C@@H]4CCCN4)c3)c2)c2n[nH]nc2n1. The number of pyridine rings is 1. The van der Waals surface area contributed by atoms with Gasteiger partial charge >= 0.3 is 0 Å². The minimum Gasteiger partial charge on any atom is -0.492 e. The molecule has 1 aromatic carbocycles. The summed E-state index contributed by atoms with van der Waals surface area (Å²) < 4.78 is 7.90. The lowest BCUT2D eigenvalue weighted by Crippen LogP contribution is -2.28. The molecule has 0 spiro atoms. The number of hydrogen-bond donors (Lipinski definition) is 3. The number of nitrogens with two attached hydrogens (primary N) is 1. The molecule has 154 valence electrons. The lowest BCUT2D eigenvalue weighted by molar-refractivity contribution is 0.277. The summed E-state index contributed by atoms with van der Waals surface area (Å²) in [7, 11) is 0. The number of nitrogen functional groups attached to an aromatic ring is 1. The summed E-state index contributed by atoms with van der Waals surface area (Å²) in [6.45, 7) is 2.47. The maximum atomic E-state index is 5.97. The van der Waals surface area contributed by atoms with E-state index in [0.717, 1.165) is 34.5 Å². The van der Waals surface area contributed by atoms with E-state index < -0.39 is 0 Å². The highest BCUT2D eigenvalue weighted by Gasteiger charge is 2.14. The summed E-state index contributed by atoms with van der Waals surface area (Å²) in [5.74, 6) is 1.33. The molecule has 1 atom stereocenters. The minimum atomic E-state index is 0.434. The number of anilines is 1. The van der Waals surface area contributed by atoms with Crippen molar-refractivity contribution in [3.05, 3.63) is 59.4 Å². The predicted octanol–water partition coefficient (Wildman–Crippen LogP) is 1.90. The second-order valence-corrected chi connectivity index (χ2v) is 7.68. The smallest absolute Gasteiger partial charge is 0.203 e. The quantitative estimate of drug-likeness (QED) is 0.430. The molecule has 4 N–H and O–H groups in total. The first-order valence-electron chi connectivity index (χ1n) is 10.2. The molecule has 9 heteroatoms. The molecule has 0 radical (unpaired) electrons. The van der Waals surface area contributed by atoms with Crippen LogP contribution in [0.15, 0.2) is 42.7 Å². The normalized spacial score (nSPS) is 16.3. The Kier molecular flexibility index (Phi) is 5.02. The van der Waals surface area contributed by atoms with Gasteiger partial charge in [0.25, 0.3) is 0 Å². The molecule has 0 unspecified atom stereocenters. The second-order valence-electron chi connectivity index (χ2n) is 7.68. The Labute approximate surface area is 173 Å². The van der Waals surface area contributed by atoms with Gasteiger partial charge in [-0.1, -0.05) is 12.1 Å². The molecular formula is C21H24N8O. The number of rotatable bonds is 7. The van der Waals surface area contributed by atoms with Crippen LogP contribution in [-0.4, -0.2) is 49.4 Å². The molecule has 0 amide bonds. The van der Waals surface area contributed by atoms with Crippen molar-refractivity contribution < 1.29 is 4.74 Å². The Morgan fingerprint density at radius 2 is 2.17 bits per heavy atom.